The molecule has 1 saturated heterocycles. The van der Waals surface area contributed by atoms with Gasteiger partial charge in [-0.2, -0.15) is 4.31 Å². The van der Waals surface area contributed by atoms with E-state index in [-0.39, 0.29) is 4.90 Å². The summed E-state index contributed by atoms with van der Waals surface area (Å²) in [5.41, 5.74) is 1.78. The van der Waals surface area contributed by atoms with Crippen molar-refractivity contribution < 1.29 is 12.8 Å². The number of piperidine rings is 1. The van der Waals surface area contributed by atoms with Gasteiger partial charge in [0.1, 0.15) is 0 Å². The molecule has 0 unspecified atom stereocenters. The van der Waals surface area contributed by atoms with Crippen LogP contribution in [0.3, 0.4) is 0 Å². The third-order valence-electron chi connectivity index (χ3n) is 4.65. The van der Waals surface area contributed by atoms with Crippen LogP contribution in [0.2, 0.25) is 0 Å². The molecule has 1 aliphatic heterocycles. The molecule has 146 valence electrons. The van der Waals surface area contributed by atoms with E-state index in [1.54, 1.807) is 28.6 Å². The van der Waals surface area contributed by atoms with Crippen molar-refractivity contribution in [2.24, 2.45) is 0 Å². The Balaban J connectivity index is 1.51. The van der Waals surface area contributed by atoms with E-state index in [1.807, 2.05) is 30.3 Å². The van der Waals surface area contributed by atoms with Crippen molar-refractivity contribution >= 4 is 21.8 Å². The van der Waals surface area contributed by atoms with Crippen LogP contribution >= 0.6 is 11.8 Å². The normalized spacial score (nSPS) is 15.6. The summed E-state index contributed by atoms with van der Waals surface area (Å²) in [4.78, 5) is 0.267. The van der Waals surface area contributed by atoms with Crippen molar-refractivity contribution in [3.05, 3.63) is 60.2 Å². The average Bonchev–Trinajstić information content (AvgIpc) is 3.23. The maximum Gasteiger partial charge on any atom is 0.277 e. The number of nitrogens with zero attached hydrogens (tertiary/aromatic N) is 3. The number of benzene rings is 2. The molecular weight excluding hydrogens is 394 g/mol. The predicted molar refractivity (Wildman–Crippen MR) is 108 cm³/mol. The summed E-state index contributed by atoms with van der Waals surface area (Å²) in [5.74, 6) is 1.05. The molecular formula is C20H21N3O3S2. The van der Waals surface area contributed by atoms with Crippen molar-refractivity contribution in [1.29, 1.82) is 0 Å². The second kappa shape index (κ2) is 8.46. The van der Waals surface area contributed by atoms with Crippen molar-refractivity contribution in [3.8, 4) is 11.5 Å². The molecule has 0 bridgehead atoms. The molecule has 28 heavy (non-hydrogen) atoms. The van der Waals surface area contributed by atoms with E-state index >= 15 is 0 Å². The lowest BCUT2D eigenvalue weighted by Crippen LogP contribution is -2.35. The summed E-state index contributed by atoms with van der Waals surface area (Å²) in [6.07, 6.45) is 2.90. The van der Waals surface area contributed by atoms with Crippen LogP contribution in [0.5, 0.6) is 0 Å². The predicted octanol–water partition coefficient (Wildman–Crippen LogP) is 4.20. The number of thioether (sulfide) groups is 1. The topological polar surface area (TPSA) is 76.3 Å². The standard InChI is InChI=1S/C20H21N3O3S2/c24-28(25,23-12-5-2-6-13-23)18-11-7-10-17(14-18)19-21-22-20(26-19)27-15-16-8-3-1-4-9-16/h1,3-4,7-11,14H,2,5-6,12-13,15H2. The second-order valence-corrected chi connectivity index (χ2v) is 9.50. The van der Waals surface area contributed by atoms with Gasteiger partial charge < -0.3 is 4.42 Å². The van der Waals surface area contributed by atoms with Gasteiger partial charge in [0.25, 0.3) is 5.22 Å². The Hall–Kier alpha value is -2.16. The average molecular weight is 416 g/mol. The molecule has 1 aliphatic rings. The van der Waals surface area contributed by atoms with Crippen LogP contribution in [0.4, 0.5) is 0 Å². The maximum absolute atomic E-state index is 12.9. The lowest BCUT2D eigenvalue weighted by Gasteiger charge is -2.25. The molecule has 4 rings (SSSR count). The SMILES string of the molecule is O=S(=O)(c1cccc(-c2nnc(SCc3ccccc3)o2)c1)N1CCCCC1. The van der Waals surface area contributed by atoms with Crippen LogP contribution in [0, 0.1) is 0 Å². The first-order valence-corrected chi connectivity index (χ1v) is 11.7. The van der Waals surface area contributed by atoms with Gasteiger partial charge in [-0.05, 0) is 36.6 Å². The molecule has 0 amide bonds. The van der Waals surface area contributed by atoms with Gasteiger partial charge >= 0.3 is 0 Å². The number of hydrogen-bond donors (Lipinski definition) is 0. The zero-order valence-corrected chi connectivity index (χ0v) is 17.0. The quantitative estimate of drug-likeness (QED) is 0.562. The lowest BCUT2D eigenvalue weighted by atomic mass is 10.2. The third-order valence-corrected chi connectivity index (χ3v) is 7.43. The molecule has 3 aromatic rings. The van der Waals surface area contributed by atoms with E-state index < -0.39 is 10.0 Å². The maximum atomic E-state index is 12.9. The smallest absolute Gasteiger partial charge is 0.277 e. The van der Waals surface area contributed by atoms with E-state index in [9.17, 15) is 8.42 Å². The van der Waals surface area contributed by atoms with E-state index in [1.165, 1.54) is 17.3 Å². The van der Waals surface area contributed by atoms with Crippen LogP contribution in [0.25, 0.3) is 11.5 Å². The fourth-order valence-corrected chi connectivity index (χ4v) is 5.43. The summed E-state index contributed by atoms with van der Waals surface area (Å²) in [7, 11) is -3.49. The van der Waals surface area contributed by atoms with Crippen molar-refractivity contribution in [3.63, 3.8) is 0 Å². The molecule has 1 aromatic heterocycles. The lowest BCUT2D eigenvalue weighted by molar-refractivity contribution is 0.346. The first-order valence-electron chi connectivity index (χ1n) is 9.24. The second-order valence-electron chi connectivity index (χ2n) is 6.64. The Kier molecular flexibility index (Phi) is 5.79. The summed E-state index contributed by atoms with van der Waals surface area (Å²) in [6.45, 7) is 1.15. The minimum Gasteiger partial charge on any atom is -0.411 e. The highest BCUT2D eigenvalue weighted by atomic mass is 32.2. The zero-order chi connectivity index (χ0) is 19.4. The van der Waals surface area contributed by atoms with Crippen LogP contribution in [0.15, 0.2) is 69.1 Å². The Morgan fingerprint density at radius 2 is 1.75 bits per heavy atom. The Labute approximate surface area is 169 Å². The van der Waals surface area contributed by atoms with Crippen LogP contribution in [0.1, 0.15) is 24.8 Å². The van der Waals surface area contributed by atoms with Gasteiger partial charge in [-0.25, -0.2) is 8.42 Å². The fourth-order valence-electron chi connectivity index (χ4n) is 3.15. The Bertz CT molecular complexity index is 1030. The van der Waals surface area contributed by atoms with Crippen LogP contribution in [-0.4, -0.2) is 36.0 Å². The Morgan fingerprint density at radius 1 is 0.964 bits per heavy atom. The molecule has 0 N–H and O–H groups in total. The molecule has 1 fully saturated rings. The van der Waals surface area contributed by atoms with Gasteiger partial charge in [0.05, 0.1) is 4.90 Å². The van der Waals surface area contributed by atoms with Gasteiger partial charge in [-0.1, -0.05) is 54.6 Å². The first-order chi connectivity index (χ1) is 13.6. The third kappa shape index (κ3) is 4.29. The molecule has 0 saturated carbocycles. The van der Waals surface area contributed by atoms with Crippen LogP contribution < -0.4 is 0 Å². The molecule has 0 radical (unpaired) electrons. The summed E-state index contributed by atoms with van der Waals surface area (Å²) >= 11 is 1.45. The van der Waals surface area contributed by atoms with Gasteiger partial charge in [-0.3, -0.25) is 0 Å². The minimum absolute atomic E-state index is 0.267. The minimum atomic E-state index is -3.49. The summed E-state index contributed by atoms with van der Waals surface area (Å²) in [6, 6.07) is 16.8. The van der Waals surface area contributed by atoms with Crippen molar-refractivity contribution in [1.82, 2.24) is 14.5 Å². The van der Waals surface area contributed by atoms with Gasteiger partial charge in [-0.15, -0.1) is 10.2 Å². The highest BCUT2D eigenvalue weighted by Crippen LogP contribution is 2.28. The Morgan fingerprint density at radius 3 is 2.54 bits per heavy atom. The van der Waals surface area contributed by atoms with E-state index in [0.29, 0.717) is 29.8 Å². The van der Waals surface area contributed by atoms with Gasteiger partial charge in [0.15, 0.2) is 0 Å². The molecule has 2 aromatic carbocycles. The van der Waals surface area contributed by atoms with Crippen molar-refractivity contribution in [2.75, 3.05) is 13.1 Å². The molecule has 8 heteroatoms. The molecule has 6 nitrogen and oxygen atoms in total. The highest BCUT2D eigenvalue weighted by Gasteiger charge is 2.26. The summed E-state index contributed by atoms with van der Waals surface area (Å²) in [5, 5.41) is 8.63. The first kappa shape index (κ1) is 19.2. The van der Waals surface area contributed by atoms with Crippen molar-refractivity contribution in [2.45, 2.75) is 35.1 Å². The van der Waals surface area contributed by atoms with E-state index in [2.05, 4.69) is 10.2 Å². The number of aromatic nitrogens is 2. The largest absolute Gasteiger partial charge is 0.411 e. The fraction of sp³-hybridized carbons (Fsp3) is 0.300. The summed E-state index contributed by atoms with van der Waals surface area (Å²) < 4.78 is 33.1. The van der Waals surface area contributed by atoms with E-state index in [4.69, 9.17) is 4.42 Å². The monoisotopic (exact) mass is 415 g/mol. The number of hydrogen-bond acceptors (Lipinski definition) is 6. The zero-order valence-electron chi connectivity index (χ0n) is 15.3. The molecule has 0 atom stereocenters. The number of sulfonamides is 1. The molecule has 0 spiro atoms. The number of rotatable bonds is 6. The van der Waals surface area contributed by atoms with Gasteiger partial charge in [0.2, 0.25) is 15.9 Å². The van der Waals surface area contributed by atoms with Gasteiger partial charge in [0, 0.05) is 24.4 Å². The molecule has 2 heterocycles. The van der Waals surface area contributed by atoms with Crippen LogP contribution in [-0.2, 0) is 15.8 Å². The highest BCUT2D eigenvalue weighted by molar-refractivity contribution is 7.98. The molecule has 0 aliphatic carbocycles. The van der Waals surface area contributed by atoms with E-state index in [0.717, 1.165) is 25.0 Å².